The molecule has 2 atom stereocenters. The molecule has 0 aliphatic carbocycles. The topological polar surface area (TPSA) is 135 Å². The van der Waals surface area contributed by atoms with Crippen LogP contribution in [0.1, 0.15) is 34.3 Å². The zero-order valence-corrected chi connectivity index (χ0v) is 19.1. The molecule has 3 amide bonds. The molecule has 2 aromatic rings. The van der Waals surface area contributed by atoms with Gasteiger partial charge in [-0.1, -0.05) is 0 Å². The van der Waals surface area contributed by atoms with Gasteiger partial charge >= 0.3 is 0 Å². The minimum Gasteiger partial charge on any atom is -0.380 e. The number of carbonyl (C=O) groups is 3. The summed E-state index contributed by atoms with van der Waals surface area (Å²) in [4.78, 5) is 41.7. The number of aliphatic hydroxyl groups is 1. The van der Waals surface area contributed by atoms with E-state index in [0.29, 0.717) is 29.3 Å². The molecule has 0 bridgehead atoms. The first-order valence-electron chi connectivity index (χ1n) is 11.7. The minimum atomic E-state index is -1.70. The Bertz CT molecular complexity index is 1180. The maximum Gasteiger partial charge on any atom is 0.259 e. The van der Waals surface area contributed by atoms with Gasteiger partial charge in [0.15, 0.2) is 12.2 Å². The summed E-state index contributed by atoms with van der Waals surface area (Å²) in [5.74, 6) is -0.971. The van der Waals surface area contributed by atoms with E-state index >= 15 is 0 Å². The summed E-state index contributed by atoms with van der Waals surface area (Å²) in [7, 11) is 0. The van der Waals surface area contributed by atoms with Gasteiger partial charge in [0.1, 0.15) is 5.84 Å². The number of ether oxygens (including phenoxy) is 1. The molecule has 0 radical (unpaired) electrons. The third-order valence-corrected chi connectivity index (χ3v) is 6.59. The number of carbonyl (C=O) groups excluding carboxylic acids is 3. The van der Waals surface area contributed by atoms with E-state index in [1.54, 1.807) is 42.5 Å². The number of nitrogens with zero attached hydrogens (tertiary/aromatic N) is 2. The molecule has 0 aromatic heterocycles. The summed E-state index contributed by atoms with van der Waals surface area (Å²) in [5.41, 5.74) is 3.22. The Balaban J connectivity index is 1.24. The second-order valence-corrected chi connectivity index (χ2v) is 8.86. The Morgan fingerprint density at radius 1 is 1.11 bits per heavy atom. The van der Waals surface area contributed by atoms with Crippen LogP contribution < -0.4 is 15.5 Å². The number of amides is 3. The standard InChI is InChI=1S/C25H27N5O5/c26-22-19-8-5-17(13-16(19)14-27-22)28-23(32)20(31)21-25(34)30(11-12-35-21)18-6-3-15(4-7-18)24(33)29-9-1-2-10-29/h3-8,13,20-21,31H,1-2,9-12,14H2,(H2,26,27)(H,28,32)/t20-,21-/m1/s1. The Morgan fingerprint density at radius 3 is 2.60 bits per heavy atom. The number of morpholine rings is 1. The Labute approximate surface area is 202 Å². The van der Waals surface area contributed by atoms with E-state index in [1.165, 1.54) is 4.90 Å². The second kappa shape index (κ2) is 9.47. The first kappa shape index (κ1) is 23.0. The molecule has 0 saturated carbocycles. The third kappa shape index (κ3) is 4.50. The van der Waals surface area contributed by atoms with E-state index in [-0.39, 0.29) is 19.1 Å². The Kier molecular flexibility index (Phi) is 6.23. The van der Waals surface area contributed by atoms with Gasteiger partial charge in [0.25, 0.3) is 17.7 Å². The average Bonchev–Trinajstić information content (AvgIpc) is 3.54. The number of rotatable bonds is 5. The molecule has 5 rings (SSSR count). The van der Waals surface area contributed by atoms with Crippen molar-refractivity contribution in [1.82, 2.24) is 10.2 Å². The van der Waals surface area contributed by atoms with E-state index in [4.69, 9.17) is 10.1 Å². The normalized spacial score (nSPS) is 20.4. The van der Waals surface area contributed by atoms with Crippen LogP contribution in [0.2, 0.25) is 0 Å². The molecule has 3 aliphatic heterocycles. The number of likely N-dealkylation sites (tertiary alicyclic amines) is 1. The van der Waals surface area contributed by atoms with E-state index in [2.05, 4.69) is 10.6 Å². The van der Waals surface area contributed by atoms with Gasteiger partial charge in [-0.15, -0.1) is 0 Å². The molecular weight excluding hydrogens is 450 g/mol. The van der Waals surface area contributed by atoms with Gasteiger partial charge in [-0.25, -0.2) is 0 Å². The van der Waals surface area contributed by atoms with Crippen LogP contribution in [0.4, 0.5) is 11.4 Å². The molecule has 35 heavy (non-hydrogen) atoms. The first-order valence-corrected chi connectivity index (χ1v) is 11.7. The van der Waals surface area contributed by atoms with Crippen molar-refractivity contribution >= 4 is 34.9 Å². The maximum absolute atomic E-state index is 13.1. The van der Waals surface area contributed by atoms with Crippen molar-refractivity contribution in [3.8, 4) is 0 Å². The number of hydrogen-bond acceptors (Lipinski definition) is 6. The van der Waals surface area contributed by atoms with Gasteiger partial charge in [0.05, 0.1) is 6.61 Å². The van der Waals surface area contributed by atoms with Gasteiger partial charge in [-0.3, -0.25) is 19.8 Å². The summed E-state index contributed by atoms with van der Waals surface area (Å²) in [6.45, 7) is 2.43. The zero-order valence-electron chi connectivity index (χ0n) is 19.1. The fraction of sp³-hybridized carbons (Fsp3) is 0.360. The van der Waals surface area contributed by atoms with Crippen LogP contribution >= 0.6 is 0 Å². The fourth-order valence-corrected chi connectivity index (χ4v) is 4.67. The van der Waals surface area contributed by atoms with Gasteiger partial charge in [-0.2, -0.15) is 0 Å². The molecule has 2 fully saturated rings. The van der Waals surface area contributed by atoms with Crippen molar-refractivity contribution < 1.29 is 24.2 Å². The highest BCUT2D eigenvalue weighted by atomic mass is 16.5. The lowest BCUT2D eigenvalue weighted by atomic mass is 10.1. The quantitative estimate of drug-likeness (QED) is 0.509. The number of nitrogens with one attached hydrogen (secondary N) is 3. The predicted molar refractivity (Wildman–Crippen MR) is 128 cm³/mol. The molecule has 10 nitrogen and oxygen atoms in total. The van der Waals surface area contributed by atoms with Crippen LogP contribution in [-0.4, -0.2) is 72.0 Å². The number of aliphatic hydroxyl groups excluding tert-OH is 1. The molecule has 0 spiro atoms. The number of fused-ring (bicyclic) bond motifs is 1. The molecule has 0 unspecified atom stereocenters. The van der Waals surface area contributed by atoms with Crippen molar-refractivity contribution in [2.45, 2.75) is 31.6 Å². The highest BCUT2D eigenvalue weighted by Gasteiger charge is 2.39. The molecule has 182 valence electrons. The van der Waals surface area contributed by atoms with E-state index in [1.807, 2.05) is 4.90 Å². The van der Waals surface area contributed by atoms with Crippen LogP contribution in [0.3, 0.4) is 0 Å². The predicted octanol–water partition coefficient (Wildman–Crippen LogP) is 1.08. The summed E-state index contributed by atoms with van der Waals surface area (Å²) < 4.78 is 5.48. The minimum absolute atomic E-state index is 0.0218. The number of benzene rings is 2. The Hall–Kier alpha value is -3.76. The van der Waals surface area contributed by atoms with Crippen LogP contribution in [0.25, 0.3) is 0 Å². The lowest BCUT2D eigenvalue weighted by molar-refractivity contribution is -0.150. The monoisotopic (exact) mass is 477 g/mol. The lowest BCUT2D eigenvalue weighted by Crippen LogP contribution is -2.55. The molecule has 3 aliphatic rings. The van der Waals surface area contributed by atoms with Gasteiger partial charge < -0.3 is 30.3 Å². The van der Waals surface area contributed by atoms with Crippen molar-refractivity contribution in [3.63, 3.8) is 0 Å². The van der Waals surface area contributed by atoms with Crippen LogP contribution in [0, 0.1) is 5.41 Å². The fourth-order valence-electron chi connectivity index (χ4n) is 4.67. The largest absolute Gasteiger partial charge is 0.380 e. The van der Waals surface area contributed by atoms with Crippen molar-refractivity contribution in [2.75, 3.05) is 36.5 Å². The van der Waals surface area contributed by atoms with Gasteiger partial charge in [0, 0.05) is 48.7 Å². The highest BCUT2D eigenvalue weighted by Crippen LogP contribution is 2.24. The molecular formula is C25H27N5O5. The van der Waals surface area contributed by atoms with Gasteiger partial charge in [-0.05, 0) is 60.9 Å². The van der Waals surface area contributed by atoms with E-state index < -0.39 is 24.0 Å². The number of hydrogen-bond donors (Lipinski definition) is 4. The molecule has 4 N–H and O–H groups in total. The molecule has 2 saturated heterocycles. The smallest absolute Gasteiger partial charge is 0.259 e. The van der Waals surface area contributed by atoms with Crippen LogP contribution in [-0.2, 0) is 20.9 Å². The molecule has 10 heteroatoms. The first-order chi connectivity index (χ1) is 16.9. The summed E-state index contributed by atoms with van der Waals surface area (Å²) in [6, 6.07) is 11.9. The van der Waals surface area contributed by atoms with E-state index in [0.717, 1.165) is 37.1 Å². The van der Waals surface area contributed by atoms with Crippen molar-refractivity contribution in [3.05, 3.63) is 59.2 Å². The highest BCUT2D eigenvalue weighted by molar-refractivity contribution is 6.05. The number of amidine groups is 1. The average molecular weight is 478 g/mol. The number of anilines is 2. The lowest BCUT2D eigenvalue weighted by Gasteiger charge is -2.34. The summed E-state index contributed by atoms with van der Waals surface area (Å²) >= 11 is 0. The van der Waals surface area contributed by atoms with Crippen LogP contribution in [0.5, 0.6) is 0 Å². The van der Waals surface area contributed by atoms with Crippen LogP contribution in [0.15, 0.2) is 42.5 Å². The maximum atomic E-state index is 13.1. The summed E-state index contributed by atoms with van der Waals surface area (Å²) in [6.07, 6.45) is -1.03. The van der Waals surface area contributed by atoms with E-state index in [9.17, 15) is 19.5 Å². The van der Waals surface area contributed by atoms with Gasteiger partial charge in [0.2, 0.25) is 0 Å². The third-order valence-electron chi connectivity index (χ3n) is 6.59. The SMILES string of the molecule is N=C1NCc2cc(NC(=O)[C@H](O)[C@H]3OCCN(c4ccc(C(=O)N5CCCC5)cc4)C3=O)ccc21. The zero-order chi connectivity index (χ0) is 24.5. The second-order valence-electron chi connectivity index (χ2n) is 8.86. The summed E-state index contributed by atoms with van der Waals surface area (Å²) in [5, 5.41) is 24.0. The Morgan fingerprint density at radius 2 is 1.86 bits per heavy atom. The van der Waals surface area contributed by atoms with Crippen molar-refractivity contribution in [1.29, 1.82) is 5.41 Å². The molecule has 3 heterocycles. The van der Waals surface area contributed by atoms with Crippen molar-refractivity contribution in [2.24, 2.45) is 0 Å². The molecule has 2 aromatic carbocycles.